The molecule has 0 N–H and O–H groups in total. The van der Waals surface area contributed by atoms with E-state index in [1.807, 2.05) is 12.4 Å². The molecule has 31 heavy (non-hydrogen) atoms. The van der Waals surface area contributed by atoms with Gasteiger partial charge in [-0.1, -0.05) is 50.6 Å². The number of aryl methyl sites for hydroxylation is 3. The molecule has 2 aromatic carbocycles. The Bertz CT molecular complexity index is 1260. The van der Waals surface area contributed by atoms with Gasteiger partial charge >= 0.3 is 0 Å². The molecule has 0 bridgehead atoms. The highest BCUT2D eigenvalue weighted by Crippen LogP contribution is 2.37. The molecule has 0 fully saturated rings. The van der Waals surface area contributed by atoms with E-state index in [2.05, 4.69) is 95.8 Å². The summed E-state index contributed by atoms with van der Waals surface area (Å²) >= 11 is 0. The highest BCUT2D eigenvalue weighted by atomic mass is 14.9. The zero-order chi connectivity index (χ0) is 22.3. The standard InChI is InChI=1S/C28H32N3/c1-18-12-19(2)20(3)24(13-18)27-26(23-11-9-8-10-21(23)17-31(27)7)22-15-29-25(30-16-22)14-28(4,5)6/h8-13,15-17H,14H2,1-7H3/q+1. The van der Waals surface area contributed by atoms with E-state index in [1.54, 1.807) is 0 Å². The molecule has 4 aromatic rings. The fraction of sp³-hybridized carbons (Fsp3) is 0.321. The molecular weight excluding hydrogens is 378 g/mol. The number of pyridine rings is 1. The van der Waals surface area contributed by atoms with E-state index in [-0.39, 0.29) is 5.41 Å². The summed E-state index contributed by atoms with van der Waals surface area (Å²) in [5.74, 6) is 0.894. The van der Waals surface area contributed by atoms with Crippen LogP contribution in [0.1, 0.15) is 43.3 Å². The molecule has 3 heteroatoms. The van der Waals surface area contributed by atoms with Gasteiger partial charge in [-0.15, -0.1) is 0 Å². The topological polar surface area (TPSA) is 29.7 Å². The molecule has 0 aliphatic heterocycles. The molecule has 0 atom stereocenters. The van der Waals surface area contributed by atoms with Crippen LogP contribution < -0.4 is 4.57 Å². The van der Waals surface area contributed by atoms with Crippen LogP contribution >= 0.6 is 0 Å². The van der Waals surface area contributed by atoms with Crippen molar-refractivity contribution in [2.24, 2.45) is 12.5 Å². The van der Waals surface area contributed by atoms with Crippen LogP contribution in [0.25, 0.3) is 33.2 Å². The minimum absolute atomic E-state index is 0.161. The average molecular weight is 411 g/mol. The SMILES string of the molecule is Cc1cc(C)c(C)c(-c2c(-c3cnc(CC(C)(C)C)nc3)c3ccccc3c[n+]2C)c1. The Morgan fingerprint density at radius 2 is 1.61 bits per heavy atom. The van der Waals surface area contributed by atoms with Crippen LogP contribution in [0, 0.1) is 26.2 Å². The first-order valence-corrected chi connectivity index (χ1v) is 10.9. The largest absolute Gasteiger partial charge is 0.241 e. The first-order valence-electron chi connectivity index (χ1n) is 10.9. The Balaban J connectivity index is 2.01. The number of aromatic nitrogens is 3. The third-order valence-corrected chi connectivity index (χ3v) is 5.90. The summed E-state index contributed by atoms with van der Waals surface area (Å²) in [5.41, 5.74) is 8.77. The maximum atomic E-state index is 4.75. The van der Waals surface area contributed by atoms with Crippen LogP contribution in [0.4, 0.5) is 0 Å². The maximum Gasteiger partial charge on any atom is 0.221 e. The van der Waals surface area contributed by atoms with Crippen molar-refractivity contribution < 1.29 is 4.57 Å². The lowest BCUT2D eigenvalue weighted by Gasteiger charge is -2.17. The van der Waals surface area contributed by atoms with E-state index >= 15 is 0 Å². The lowest BCUT2D eigenvalue weighted by molar-refractivity contribution is -0.658. The molecule has 0 radical (unpaired) electrons. The van der Waals surface area contributed by atoms with Crippen molar-refractivity contribution in [3.05, 3.63) is 77.5 Å². The van der Waals surface area contributed by atoms with Gasteiger partial charge in [-0.3, -0.25) is 0 Å². The number of nitrogens with zero attached hydrogens (tertiary/aromatic N) is 3. The summed E-state index contributed by atoms with van der Waals surface area (Å²) in [6.45, 7) is 13.2. The molecule has 0 spiro atoms. The second-order valence-corrected chi connectivity index (χ2v) is 9.93. The molecule has 158 valence electrons. The van der Waals surface area contributed by atoms with E-state index in [4.69, 9.17) is 9.97 Å². The minimum Gasteiger partial charge on any atom is -0.241 e. The zero-order valence-corrected chi connectivity index (χ0v) is 19.7. The Hall–Kier alpha value is -3.07. The Labute approximate surface area is 185 Å². The first-order chi connectivity index (χ1) is 14.6. The van der Waals surface area contributed by atoms with Gasteiger partial charge in [-0.05, 0) is 49.4 Å². The van der Waals surface area contributed by atoms with Crippen LogP contribution in [0.15, 0.2) is 55.0 Å². The fourth-order valence-corrected chi connectivity index (χ4v) is 4.37. The van der Waals surface area contributed by atoms with Crippen LogP contribution in [0.3, 0.4) is 0 Å². The Morgan fingerprint density at radius 3 is 2.29 bits per heavy atom. The predicted octanol–water partition coefficient (Wildman–Crippen LogP) is 6.30. The third kappa shape index (κ3) is 4.23. The fourth-order valence-electron chi connectivity index (χ4n) is 4.37. The third-order valence-electron chi connectivity index (χ3n) is 5.90. The van der Waals surface area contributed by atoms with Crippen molar-refractivity contribution in [3.8, 4) is 22.4 Å². The summed E-state index contributed by atoms with van der Waals surface area (Å²) in [6.07, 6.45) is 7.08. The number of fused-ring (bicyclic) bond motifs is 1. The summed E-state index contributed by atoms with van der Waals surface area (Å²) < 4.78 is 2.25. The molecule has 0 saturated carbocycles. The van der Waals surface area contributed by atoms with Crippen LogP contribution in [-0.4, -0.2) is 9.97 Å². The van der Waals surface area contributed by atoms with Crippen LogP contribution in [0.5, 0.6) is 0 Å². The molecule has 3 nitrogen and oxygen atoms in total. The van der Waals surface area contributed by atoms with E-state index < -0.39 is 0 Å². The smallest absolute Gasteiger partial charge is 0.221 e. The molecule has 2 aromatic heterocycles. The Morgan fingerprint density at radius 1 is 0.935 bits per heavy atom. The van der Waals surface area contributed by atoms with Gasteiger partial charge in [0.2, 0.25) is 5.69 Å². The van der Waals surface area contributed by atoms with Crippen LogP contribution in [0.2, 0.25) is 0 Å². The minimum atomic E-state index is 0.161. The van der Waals surface area contributed by atoms with Gasteiger partial charge in [-0.2, -0.15) is 4.57 Å². The molecule has 0 saturated heterocycles. The molecule has 4 rings (SSSR count). The van der Waals surface area contributed by atoms with Gasteiger partial charge in [0.1, 0.15) is 12.9 Å². The maximum absolute atomic E-state index is 4.75. The van der Waals surface area contributed by atoms with Crippen LogP contribution in [-0.2, 0) is 13.5 Å². The van der Waals surface area contributed by atoms with Gasteiger partial charge < -0.3 is 0 Å². The quantitative estimate of drug-likeness (QED) is 0.371. The number of hydrogen-bond acceptors (Lipinski definition) is 2. The van der Waals surface area contributed by atoms with E-state index in [0.29, 0.717) is 0 Å². The van der Waals surface area contributed by atoms with Gasteiger partial charge in [0.15, 0.2) is 6.20 Å². The molecular formula is C28H32N3+. The Kier molecular flexibility index (Phi) is 5.38. The van der Waals surface area contributed by atoms with Gasteiger partial charge in [0.25, 0.3) is 0 Å². The predicted molar refractivity (Wildman–Crippen MR) is 129 cm³/mol. The highest BCUT2D eigenvalue weighted by molar-refractivity contribution is 6.01. The molecule has 0 amide bonds. The summed E-state index contributed by atoms with van der Waals surface area (Å²) in [7, 11) is 2.14. The zero-order valence-electron chi connectivity index (χ0n) is 19.7. The van der Waals surface area contributed by atoms with Gasteiger partial charge in [0, 0.05) is 35.2 Å². The van der Waals surface area contributed by atoms with Crippen molar-refractivity contribution >= 4 is 10.8 Å². The molecule has 2 heterocycles. The summed E-state index contributed by atoms with van der Waals surface area (Å²) in [4.78, 5) is 9.50. The summed E-state index contributed by atoms with van der Waals surface area (Å²) in [6, 6.07) is 13.1. The monoisotopic (exact) mass is 410 g/mol. The molecule has 0 aliphatic rings. The average Bonchev–Trinajstić information content (AvgIpc) is 2.69. The first kappa shape index (κ1) is 21.2. The lowest BCUT2D eigenvalue weighted by Crippen LogP contribution is -2.32. The number of hydrogen-bond donors (Lipinski definition) is 0. The van der Waals surface area contributed by atoms with Crippen molar-refractivity contribution in [3.63, 3.8) is 0 Å². The second-order valence-electron chi connectivity index (χ2n) is 9.93. The highest BCUT2D eigenvalue weighted by Gasteiger charge is 2.24. The van der Waals surface area contributed by atoms with E-state index in [1.165, 1.54) is 44.3 Å². The normalized spacial score (nSPS) is 11.8. The second kappa shape index (κ2) is 7.88. The van der Waals surface area contributed by atoms with Crippen molar-refractivity contribution in [1.29, 1.82) is 0 Å². The van der Waals surface area contributed by atoms with E-state index in [9.17, 15) is 0 Å². The molecule has 0 aliphatic carbocycles. The van der Waals surface area contributed by atoms with Crippen molar-refractivity contribution in [2.75, 3.05) is 0 Å². The van der Waals surface area contributed by atoms with Gasteiger partial charge in [0.05, 0.1) is 11.1 Å². The molecule has 0 unspecified atom stereocenters. The number of benzene rings is 2. The lowest BCUT2D eigenvalue weighted by atomic mass is 9.90. The van der Waals surface area contributed by atoms with Crippen molar-refractivity contribution in [1.82, 2.24) is 9.97 Å². The van der Waals surface area contributed by atoms with E-state index in [0.717, 1.165) is 17.8 Å². The van der Waals surface area contributed by atoms with Crippen molar-refractivity contribution in [2.45, 2.75) is 48.0 Å². The van der Waals surface area contributed by atoms with Gasteiger partial charge in [-0.25, -0.2) is 9.97 Å². The number of rotatable bonds is 3. The summed E-state index contributed by atoms with van der Waals surface area (Å²) in [5, 5.41) is 2.44.